The summed E-state index contributed by atoms with van der Waals surface area (Å²) in [5, 5.41) is 5.87. The molecule has 2 aromatic carbocycles. The van der Waals surface area contributed by atoms with E-state index in [9.17, 15) is 4.79 Å². The van der Waals surface area contributed by atoms with Gasteiger partial charge < -0.3 is 20.8 Å². The smallest absolute Gasteiger partial charge is 0.291 e. The highest BCUT2D eigenvalue weighted by Crippen LogP contribution is 2.14. The van der Waals surface area contributed by atoms with Crippen molar-refractivity contribution in [3.05, 3.63) is 83.8 Å². The van der Waals surface area contributed by atoms with Crippen molar-refractivity contribution in [2.75, 3.05) is 10.6 Å². The molecule has 0 saturated heterocycles. The minimum Gasteiger partial charge on any atom is -0.459 e. The lowest BCUT2D eigenvalue weighted by molar-refractivity contribution is 0.0996. The van der Waals surface area contributed by atoms with Crippen molar-refractivity contribution in [2.45, 2.75) is 19.9 Å². The van der Waals surface area contributed by atoms with Crippen LogP contribution in [0.15, 0.2) is 76.3 Å². The predicted octanol–water partition coefficient (Wildman–Crippen LogP) is 4.02. The standard InChI is InChI=1S/C21H22N4O2/c1-2-15-8-10-17(11-9-15)25-21(22)23-14-16-5-3-6-18(13-16)24-20(26)19-7-4-12-27-19/h3-13H,2,14H2,1H3,(H,24,26)(H3,22,23,25). The largest absolute Gasteiger partial charge is 0.459 e. The van der Waals surface area contributed by atoms with E-state index < -0.39 is 0 Å². The quantitative estimate of drug-likeness (QED) is 0.456. The minimum absolute atomic E-state index is 0.265. The molecule has 3 rings (SSSR count). The second-order valence-corrected chi connectivity index (χ2v) is 6.01. The molecule has 0 spiro atoms. The molecule has 0 saturated carbocycles. The first kappa shape index (κ1) is 18.3. The van der Waals surface area contributed by atoms with Gasteiger partial charge in [0.2, 0.25) is 0 Å². The molecule has 1 heterocycles. The minimum atomic E-state index is -0.294. The van der Waals surface area contributed by atoms with Gasteiger partial charge in [-0.15, -0.1) is 0 Å². The van der Waals surface area contributed by atoms with Crippen LogP contribution in [-0.2, 0) is 13.0 Å². The van der Waals surface area contributed by atoms with Crippen LogP contribution in [0.5, 0.6) is 0 Å². The van der Waals surface area contributed by atoms with Crippen molar-refractivity contribution in [1.82, 2.24) is 0 Å². The van der Waals surface area contributed by atoms with Gasteiger partial charge in [-0.2, -0.15) is 0 Å². The third-order valence-corrected chi connectivity index (χ3v) is 4.00. The lowest BCUT2D eigenvalue weighted by atomic mass is 10.1. The molecule has 6 nitrogen and oxygen atoms in total. The highest BCUT2D eigenvalue weighted by Gasteiger charge is 2.08. The van der Waals surface area contributed by atoms with Crippen LogP contribution in [0.25, 0.3) is 0 Å². The predicted molar refractivity (Wildman–Crippen MR) is 108 cm³/mol. The van der Waals surface area contributed by atoms with Crippen LogP contribution < -0.4 is 16.4 Å². The Morgan fingerprint density at radius 1 is 1.00 bits per heavy atom. The van der Waals surface area contributed by atoms with Crippen LogP contribution in [-0.4, -0.2) is 11.9 Å². The Balaban J connectivity index is 1.59. The topological polar surface area (TPSA) is 92.6 Å². The monoisotopic (exact) mass is 362 g/mol. The van der Waals surface area contributed by atoms with E-state index in [4.69, 9.17) is 10.2 Å². The maximum absolute atomic E-state index is 12.0. The molecule has 0 atom stereocenters. The molecule has 0 aliphatic rings. The summed E-state index contributed by atoms with van der Waals surface area (Å²) in [6.07, 6.45) is 2.46. The van der Waals surface area contributed by atoms with Crippen LogP contribution in [0.1, 0.15) is 28.6 Å². The van der Waals surface area contributed by atoms with Crippen LogP contribution in [0.2, 0.25) is 0 Å². The Kier molecular flexibility index (Phi) is 5.89. The van der Waals surface area contributed by atoms with Gasteiger partial charge in [0.15, 0.2) is 11.7 Å². The van der Waals surface area contributed by atoms with Crippen LogP contribution >= 0.6 is 0 Å². The van der Waals surface area contributed by atoms with Gasteiger partial charge in [0, 0.05) is 11.4 Å². The highest BCUT2D eigenvalue weighted by atomic mass is 16.3. The van der Waals surface area contributed by atoms with Crippen molar-refractivity contribution in [1.29, 1.82) is 0 Å². The van der Waals surface area contributed by atoms with Gasteiger partial charge in [-0.25, -0.2) is 4.99 Å². The number of benzene rings is 2. The van der Waals surface area contributed by atoms with E-state index in [0.717, 1.165) is 17.7 Å². The number of rotatable bonds is 6. The van der Waals surface area contributed by atoms with Crippen molar-refractivity contribution in [3.8, 4) is 0 Å². The van der Waals surface area contributed by atoms with Crippen molar-refractivity contribution in [3.63, 3.8) is 0 Å². The summed E-state index contributed by atoms with van der Waals surface area (Å²) in [6, 6.07) is 18.8. The molecule has 1 aromatic heterocycles. The molecule has 6 heteroatoms. The molecule has 3 aromatic rings. The lowest BCUT2D eigenvalue weighted by Gasteiger charge is -2.07. The van der Waals surface area contributed by atoms with Gasteiger partial charge in [0.1, 0.15) is 0 Å². The van der Waals surface area contributed by atoms with E-state index in [0.29, 0.717) is 18.2 Å². The Bertz CT molecular complexity index is 916. The molecule has 138 valence electrons. The average molecular weight is 362 g/mol. The number of hydrogen-bond donors (Lipinski definition) is 3. The summed E-state index contributed by atoms with van der Waals surface area (Å²) in [7, 11) is 0. The number of furan rings is 1. The summed E-state index contributed by atoms with van der Waals surface area (Å²) in [5.41, 5.74) is 9.73. The molecule has 0 fully saturated rings. The number of carbonyl (C=O) groups is 1. The third-order valence-electron chi connectivity index (χ3n) is 4.00. The SMILES string of the molecule is CCc1ccc(NC(N)=NCc2cccc(NC(=O)c3ccco3)c2)cc1. The number of aliphatic imine (C=N–C) groups is 1. The fraction of sp³-hybridized carbons (Fsp3) is 0.143. The van der Waals surface area contributed by atoms with E-state index >= 15 is 0 Å². The normalized spacial score (nSPS) is 11.2. The van der Waals surface area contributed by atoms with Gasteiger partial charge in [0.25, 0.3) is 5.91 Å². The van der Waals surface area contributed by atoms with Gasteiger partial charge in [-0.1, -0.05) is 31.2 Å². The van der Waals surface area contributed by atoms with Crippen molar-refractivity contribution < 1.29 is 9.21 Å². The number of nitrogens with one attached hydrogen (secondary N) is 2. The molecule has 4 N–H and O–H groups in total. The highest BCUT2D eigenvalue weighted by molar-refractivity contribution is 6.02. The van der Waals surface area contributed by atoms with Gasteiger partial charge in [-0.3, -0.25) is 4.79 Å². The Hall–Kier alpha value is -3.54. The fourth-order valence-electron chi connectivity index (χ4n) is 2.54. The number of aryl methyl sites for hydroxylation is 1. The van der Waals surface area contributed by atoms with Crippen LogP contribution in [0.3, 0.4) is 0 Å². The first-order valence-electron chi connectivity index (χ1n) is 8.73. The van der Waals surface area contributed by atoms with E-state index in [1.165, 1.54) is 11.8 Å². The molecule has 0 aliphatic carbocycles. The maximum atomic E-state index is 12.0. The van der Waals surface area contributed by atoms with E-state index in [1.54, 1.807) is 12.1 Å². The number of hydrogen-bond acceptors (Lipinski definition) is 3. The molecule has 27 heavy (non-hydrogen) atoms. The summed E-state index contributed by atoms with van der Waals surface area (Å²) in [4.78, 5) is 16.4. The summed E-state index contributed by atoms with van der Waals surface area (Å²) >= 11 is 0. The summed E-state index contributed by atoms with van der Waals surface area (Å²) in [5.74, 6) is 0.308. The molecular weight excluding hydrogens is 340 g/mol. The summed E-state index contributed by atoms with van der Waals surface area (Å²) < 4.78 is 5.09. The number of nitrogens with two attached hydrogens (primary N) is 1. The van der Waals surface area contributed by atoms with Crippen molar-refractivity contribution >= 4 is 23.2 Å². The van der Waals surface area contributed by atoms with E-state index in [-0.39, 0.29) is 11.7 Å². The molecule has 0 bridgehead atoms. The number of carbonyl (C=O) groups excluding carboxylic acids is 1. The Labute approximate surface area is 158 Å². The number of guanidine groups is 1. The zero-order chi connectivity index (χ0) is 19.1. The number of nitrogens with zero attached hydrogens (tertiary/aromatic N) is 1. The molecule has 0 aliphatic heterocycles. The number of amides is 1. The van der Waals surface area contributed by atoms with Crippen molar-refractivity contribution in [2.24, 2.45) is 10.7 Å². The zero-order valence-electron chi connectivity index (χ0n) is 15.1. The molecular formula is C21H22N4O2. The lowest BCUT2D eigenvalue weighted by Crippen LogP contribution is -2.22. The maximum Gasteiger partial charge on any atom is 0.291 e. The fourth-order valence-corrected chi connectivity index (χ4v) is 2.54. The third kappa shape index (κ3) is 5.22. The van der Waals surface area contributed by atoms with E-state index in [1.807, 2.05) is 36.4 Å². The average Bonchev–Trinajstić information content (AvgIpc) is 3.22. The van der Waals surface area contributed by atoms with Gasteiger partial charge in [-0.05, 0) is 53.9 Å². The second-order valence-electron chi connectivity index (χ2n) is 6.01. The first-order valence-corrected chi connectivity index (χ1v) is 8.73. The molecule has 0 unspecified atom stereocenters. The summed E-state index contributed by atoms with van der Waals surface area (Å²) in [6.45, 7) is 2.51. The molecule has 0 radical (unpaired) electrons. The van der Waals surface area contributed by atoms with E-state index in [2.05, 4.69) is 34.7 Å². The second kappa shape index (κ2) is 8.71. The Morgan fingerprint density at radius 3 is 2.52 bits per heavy atom. The number of anilines is 2. The zero-order valence-corrected chi connectivity index (χ0v) is 15.1. The van der Waals surface area contributed by atoms with Gasteiger partial charge in [0.05, 0.1) is 12.8 Å². The molecule has 1 amide bonds. The van der Waals surface area contributed by atoms with Gasteiger partial charge >= 0.3 is 0 Å². The first-order chi connectivity index (χ1) is 13.1. The van der Waals surface area contributed by atoms with Crippen LogP contribution in [0, 0.1) is 0 Å². The van der Waals surface area contributed by atoms with Crippen LogP contribution in [0.4, 0.5) is 11.4 Å². The Morgan fingerprint density at radius 2 is 1.81 bits per heavy atom.